The van der Waals surface area contributed by atoms with E-state index in [1.807, 2.05) is 13.8 Å². The van der Waals surface area contributed by atoms with E-state index in [9.17, 15) is 5.11 Å². The minimum atomic E-state index is -0.219. The summed E-state index contributed by atoms with van der Waals surface area (Å²) in [5.41, 5.74) is 0. The highest BCUT2D eigenvalue weighted by molar-refractivity contribution is 5.77. The minimum Gasteiger partial charge on any atom is -0.511 e. The van der Waals surface area contributed by atoms with Gasteiger partial charge in [-0.15, -0.1) is 0 Å². The highest BCUT2D eigenvalue weighted by atomic mass is 16.3. The van der Waals surface area contributed by atoms with E-state index >= 15 is 0 Å². The number of aliphatic hydroxyl groups is 1. The van der Waals surface area contributed by atoms with Gasteiger partial charge in [0, 0.05) is 13.1 Å². The van der Waals surface area contributed by atoms with Crippen molar-refractivity contribution in [1.29, 1.82) is 5.41 Å². The van der Waals surface area contributed by atoms with E-state index in [1.165, 1.54) is 5.01 Å². The van der Waals surface area contributed by atoms with Crippen molar-refractivity contribution >= 4 is 5.96 Å². The van der Waals surface area contributed by atoms with Crippen LogP contribution in [0.15, 0.2) is 12.3 Å². The topological polar surface area (TPSA) is 76.6 Å². The van der Waals surface area contributed by atoms with E-state index in [2.05, 4.69) is 6.58 Å². The van der Waals surface area contributed by atoms with Crippen LogP contribution in [-0.4, -0.2) is 40.1 Å². The van der Waals surface area contributed by atoms with Crippen LogP contribution in [0.25, 0.3) is 0 Å². The van der Waals surface area contributed by atoms with Crippen LogP contribution in [0.5, 0.6) is 0 Å². The molecule has 15 heavy (non-hydrogen) atoms. The largest absolute Gasteiger partial charge is 0.511 e. The fourth-order valence-electron chi connectivity index (χ4n) is 1.98. The van der Waals surface area contributed by atoms with Gasteiger partial charge < -0.3 is 10.0 Å². The molecule has 0 aromatic rings. The van der Waals surface area contributed by atoms with Crippen LogP contribution in [0, 0.1) is 11.3 Å². The van der Waals surface area contributed by atoms with Gasteiger partial charge in [0.2, 0.25) is 5.96 Å². The molecule has 1 rings (SSSR count). The molecule has 5 nitrogen and oxygen atoms in total. The molecule has 1 fully saturated rings. The molecule has 0 aromatic heterocycles. The smallest absolute Gasteiger partial charge is 0.208 e. The summed E-state index contributed by atoms with van der Waals surface area (Å²) in [5, 5.41) is 18.8. The van der Waals surface area contributed by atoms with Crippen LogP contribution >= 0.6 is 0 Å². The number of hydrazine groups is 1. The highest BCUT2D eigenvalue weighted by Gasteiger charge is 2.30. The molecular weight excluding hydrogens is 192 g/mol. The lowest BCUT2D eigenvalue weighted by molar-refractivity contribution is 0.161. The molecule has 0 aromatic carbocycles. The maximum atomic E-state index is 9.55. The number of nitrogens with one attached hydrogen (secondary N) is 1. The molecule has 0 amide bonds. The van der Waals surface area contributed by atoms with Gasteiger partial charge in [-0.25, -0.2) is 5.84 Å². The molecule has 1 saturated heterocycles. The predicted molar refractivity (Wildman–Crippen MR) is 60.3 cm³/mol. The first-order chi connectivity index (χ1) is 6.95. The lowest BCUT2D eigenvalue weighted by Crippen LogP contribution is -2.57. The first kappa shape index (κ1) is 11.8. The van der Waals surface area contributed by atoms with Crippen molar-refractivity contribution in [3.05, 3.63) is 12.3 Å². The van der Waals surface area contributed by atoms with Gasteiger partial charge in [-0.3, -0.25) is 10.4 Å². The normalized spacial score (nSPS) is 19.6. The Balaban J connectivity index is 2.83. The zero-order valence-corrected chi connectivity index (χ0v) is 9.40. The summed E-state index contributed by atoms with van der Waals surface area (Å²) >= 11 is 0. The van der Waals surface area contributed by atoms with Crippen molar-refractivity contribution in [3.8, 4) is 0 Å². The Labute approximate surface area is 90.6 Å². The maximum Gasteiger partial charge on any atom is 0.208 e. The Morgan fingerprint density at radius 3 is 2.60 bits per heavy atom. The third kappa shape index (κ3) is 2.41. The molecule has 4 N–H and O–H groups in total. The fraction of sp³-hybridized carbons (Fsp3) is 0.700. The van der Waals surface area contributed by atoms with Crippen molar-refractivity contribution in [2.45, 2.75) is 26.3 Å². The van der Waals surface area contributed by atoms with Gasteiger partial charge in [0.15, 0.2) is 0 Å². The predicted octanol–water partition coefficient (Wildman–Crippen LogP) is 0.899. The zero-order valence-electron chi connectivity index (χ0n) is 9.40. The fourth-order valence-corrected chi connectivity index (χ4v) is 1.98. The lowest BCUT2D eigenvalue weighted by atomic mass is 10.0. The van der Waals surface area contributed by atoms with Crippen molar-refractivity contribution in [2.75, 3.05) is 13.1 Å². The Hall–Kier alpha value is -1.23. The van der Waals surface area contributed by atoms with Gasteiger partial charge in [-0.05, 0) is 12.3 Å². The Bertz CT molecular complexity index is 264. The Morgan fingerprint density at radius 1 is 1.53 bits per heavy atom. The van der Waals surface area contributed by atoms with Gasteiger partial charge >= 0.3 is 0 Å². The summed E-state index contributed by atoms with van der Waals surface area (Å²) in [6.07, 6.45) is 0.898. The second kappa shape index (κ2) is 4.53. The second-order valence-electron chi connectivity index (χ2n) is 4.24. The second-order valence-corrected chi connectivity index (χ2v) is 4.24. The molecule has 0 radical (unpaired) electrons. The van der Waals surface area contributed by atoms with Crippen LogP contribution in [0.3, 0.4) is 0 Å². The third-order valence-electron chi connectivity index (χ3n) is 2.65. The zero-order chi connectivity index (χ0) is 11.6. The molecule has 5 heteroatoms. The molecule has 1 unspecified atom stereocenters. The molecule has 0 aliphatic carbocycles. The van der Waals surface area contributed by atoms with Gasteiger partial charge in [0.1, 0.15) is 5.76 Å². The van der Waals surface area contributed by atoms with E-state index in [1.54, 1.807) is 4.90 Å². The van der Waals surface area contributed by atoms with Gasteiger partial charge in [-0.1, -0.05) is 20.4 Å². The lowest BCUT2D eigenvalue weighted by Gasteiger charge is -2.41. The van der Waals surface area contributed by atoms with Gasteiger partial charge in [0.25, 0.3) is 0 Å². The molecular formula is C10H20N4O. The SMILES string of the molecule is C=C(O)C(C(C)C)N1CCCN(N)C1=N. The van der Waals surface area contributed by atoms with E-state index in [0.29, 0.717) is 6.54 Å². The van der Waals surface area contributed by atoms with Crippen LogP contribution < -0.4 is 5.84 Å². The van der Waals surface area contributed by atoms with Crippen LogP contribution in [0.4, 0.5) is 0 Å². The Morgan fingerprint density at radius 2 is 2.13 bits per heavy atom. The van der Waals surface area contributed by atoms with Gasteiger partial charge in [-0.2, -0.15) is 0 Å². The van der Waals surface area contributed by atoms with Crippen LogP contribution in [0.1, 0.15) is 20.3 Å². The molecule has 0 bridgehead atoms. The number of nitrogens with zero attached hydrogens (tertiary/aromatic N) is 2. The molecule has 1 atom stereocenters. The third-order valence-corrected chi connectivity index (χ3v) is 2.65. The summed E-state index contributed by atoms with van der Waals surface area (Å²) < 4.78 is 0. The molecule has 86 valence electrons. The Kier molecular flexibility index (Phi) is 3.57. The number of aliphatic hydroxyl groups excluding tert-OH is 1. The summed E-state index contributed by atoms with van der Waals surface area (Å²) in [6, 6.07) is -0.219. The van der Waals surface area contributed by atoms with Crippen molar-refractivity contribution < 1.29 is 5.11 Å². The maximum absolute atomic E-state index is 9.55. The summed E-state index contributed by atoms with van der Waals surface area (Å²) in [4.78, 5) is 1.80. The summed E-state index contributed by atoms with van der Waals surface area (Å²) in [7, 11) is 0. The summed E-state index contributed by atoms with van der Waals surface area (Å²) in [5.74, 6) is 6.23. The molecule has 0 saturated carbocycles. The first-order valence-electron chi connectivity index (χ1n) is 5.20. The average molecular weight is 212 g/mol. The molecule has 1 aliphatic rings. The monoisotopic (exact) mass is 212 g/mol. The molecule has 1 aliphatic heterocycles. The average Bonchev–Trinajstić information content (AvgIpc) is 2.11. The van der Waals surface area contributed by atoms with Crippen molar-refractivity contribution in [2.24, 2.45) is 11.8 Å². The highest BCUT2D eigenvalue weighted by Crippen LogP contribution is 2.19. The first-order valence-corrected chi connectivity index (χ1v) is 5.20. The van der Waals surface area contributed by atoms with E-state index in [4.69, 9.17) is 11.3 Å². The number of rotatable bonds is 3. The van der Waals surface area contributed by atoms with Crippen molar-refractivity contribution in [1.82, 2.24) is 9.91 Å². The molecule has 0 spiro atoms. The molecule has 1 heterocycles. The quantitative estimate of drug-likeness (QED) is 0.480. The summed E-state index contributed by atoms with van der Waals surface area (Å²) in [6.45, 7) is 9.00. The number of hydrogen-bond acceptors (Lipinski definition) is 3. The van der Waals surface area contributed by atoms with Gasteiger partial charge in [0.05, 0.1) is 6.04 Å². The van der Waals surface area contributed by atoms with Crippen LogP contribution in [-0.2, 0) is 0 Å². The van der Waals surface area contributed by atoms with Crippen LogP contribution in [0.2, 0.25) is 0 Å². The number of hydrogen-bond donors (Lipinski definition) is 3. The van der Waals surface area contributed by atoms with E-state index in [0.717, 1.165) is 13.0 Å². The number of guanidine groups is 1. The van der Waals surface area contributed by atoms with E-state index < -0.39 is 0 Å². The number of nitrogens with two attached hydrogens (primary N) is 1. The minimum absolute atomic E-state index is 0.102. The van der Waals surface area contributed by atoms with E-state index in [-0.39, 0.29) is 23.7 Å². The standard InChI is InChI=1S/C10H20N4O/c1-7(2)9(8(3)15)13-5-4-6-14(12)10(13)11/h7,9,11,15H,3-6,12H2,1-2H3. The van der Waals surface area contributed by atoms with Crippen molar-refractivity contribution in [3.63, 3.8) is 0 Å².